The summed E-state index contributed by atoms with van der Waals surface area (Å²) in [4.78, 5) is 11.7. The van der Waals surface area contributed by atoms with Crippen LogP contribution in [0.2, 0.25) is 0 Å². The Bertz CT molecular complexity index is 421. The number of rotatable bonds is 4. The van der Waals surface area contributed by atoms with Gasteiger partial charge in [-0.2, -0.15) is 0 Å². The molecule has 0 saturated carbocycles. The van der Waals surface area contributed by atoms with Gasteiger partial charge in [0.15, 0.2) is 11.6 Å². The summed E-state index contributed by atoms with van der Waals surface area (Å²) in [6.07, 6.45) is 0.924. The van der Waals surface area contributed by atoms with Gasteiger partial charge in [-0.15, -0.1) is 0 Å². The van der Waals surface area contributed by atoms with Gasteiger partial charge in [0.25, 0.3) is 5.91 Å². The molecule has 1 rings (SSSR count). The molecule has 0 saturated heterocycles. The smallest absolute Gasteiger partial charge is 0.253 e. The van der Waals surface area contributed by atoms with Crippen LogP contribution in [-0.2, 0) is 0 Å². The van der Waals surface area contributed by atoms with Crippen LogP contribution >= 0.6 is 0 Å². The Morgan fingerprint density at radius 3 is 2.59 bits per heavy atom. The molecule has 0 fully saturated rings. The number of benzene rings is 1. The summed E-state index contributed by atoms with van der Waals surface area (Å²) >= 11 is 0. The molecule has 94 valence electrons. The number of carbonyl (C=O) groups is 1. The standard InChI is InChI=1S/C12H16F2N2O/c1-3-7(2)6-16-12(17)8-4-9(13)10(14)5-11(8)15/h4-5,7H,3,6,15H2,1-2H3,(H,16,17). The van der Waals surface area contributed by atoms with Crippen LogP contribution in [0.5, 0.6) is 0 Å². The predicted molar refractivity (Wildman–Crippen MR) is 62.6 cm³/mol. The van der Waals surface area contributed by atoms with Crippen LogP contribution in [0, 0.1) is 17.6 Å². The van der Waals surface area contributed by atoms with E-state index in [0.29, 0.717) is 12.5 Å². The predicted octanol–water partition coefficient (Wildman–Crippen LogP) is 2.32. The lowest BCUT2D eigenvalue weighted by Gasteiger charge is -2.11. The zero-order chi connectivity index (χ0) is 13.0. The second-order valence-electron chi connectivity index (χ2n) is 4.08. The van der Waals surface area contributed by atoms with Crippen molar-refractivity contribution in [3.63, 3.8) is 0 Å². The summed E-state index contributed by atoms with van der Waals surface area (Å²) in [5.41, 5.74) is 5.36. The Labute approximate surface area is 99.0 Å². The highest BCUT2D eigenvalue weighted by Crippen LogP contribution is 2.16. The van der Waals surface area contributed by atoms with Crippen molar-refractivity contribution in [2.75, 3.05) is 12.3 Å². The van der Waals surface area contributed by atoms with E-state index in [2.05, 4.69) is 5.32 Å². The fourth-order valence-corrected chi connectivity index (χ4v) is 1.27. The Balaban J connectivity index is 2.79. The van der Waals surface area contributed by atoms with E-state index < -0.39 is 17.5 Å². The van der Waals surface area contributed by atoms with E-state index >= 15 is 0 Å². The first-order valence-corrected chi connectivity index (χ1v) is 5.48. The van der Waals surface area contributed by atoms with Crippen molar-refractivity contribution in [1.29, 1.82) is 0 Å². The van der Waals surface area contributed by atoms with E-state index in [9.17, 15) is 13.6 Å². The summed E-state index contributed by atoms with van der Waals surface area (Å²) < 4.78 is 25.8. The van der Waals surface area contributed by atoms with Gasteiger partial charge in [0.1, 0.15) is 0 Å². The molecule has 0 bridgehead atoms. The van der Waals surface area contributed by atoms with Crippen molar-refractivity contribution in [3.05, 3.63) is 29.3 Å². The highest BCUT2D eigenvalue weighted by molar-refractivity contribution is 5.99. The van der Waals surface area contributed by atoms with Crippen molar-refractivity contribution in [1.82, 2.24) is 5.32 Å². The van der Waals surface area contributed by atoms with E-state index in [1.807, 2.05) is 13.8 Å². The topological polar surface area (TPSA) is 55.1 Å². The Hall–Kier alpha value is -1.65. The van der Waals surface area contributed by atoms with Gasteiger partial charge in [-0.3, -0.25) is 4.79 Å². The highest BCUT2D eigenvalue weighted by Gasteiger charge is 2.14. The lowest BCUT2D eigenvalue weighted by atomic mass is 10.1. The minimum atomic E-state index is -1.08. The summed E-state index contributed by atoms with van der Waals surface area (Å²) in [5, 5.41) is 2.63. The number of nitrogen functional groups attached to an aromatic ring is 1. The molecule has 0 heterocycles. The summed E-state index contributed by atoms with van der Waals surface area (Å²) in [6.45, 7) is 4.46. The van der Waals surface area contributed by atoms with Gasteiger partial charge in [-0.1, -0.05) is 20.3 Å². The molecule has 1 unspecified atom stereocenters. The summed E-state index contributed by atoms with van der Waals surface area (Å²) in [6, 6.07) is 1.63. The molecule has 1 atom stereocenters. The first-order valence-electron chi connectivity index (χ1n) is 5.48. The third-order valence-corrected chi connectivity index (χ3v) is 2.65. The van der Waals surface area contributed by atoms with Crippen molar-refractivity contribution in [2.45, 2.75) is 20.3 Å². The molecular formula is C12H16F2N2O. The minimum Gasteiger partial charge on any atom is -0.398 e. The molecule has 0 aromatic heterocycles. The highest BCUT2D eigenvalue weighted by atomic mass is 19.2. The molecule has 3 nitrogen and oxygen atoms in total. The van der Waals surface area contributed by atoms with Crippen LogP contribution in [0.3, 0.4) is 0 Å². The average Bonchev–Trinajstić information content (AvgIpc) is 2.30. The quantitative estimate of drug-likeness (QED) is 0.796. The Morgan fingerprint density at radius 1 is 1.41 bits per heavy atom. The maximum Gasteiger partial charge on any atom is 0.253 e. The number of hydrogen-bond donors (Lipinski definition) is 2. The zero-order valence-electron chi connectivity index (χ0n) is 9.89. The van der Waals surface area contributed by atoms with Crippen molar-refractivity contribution in [2.24, 2.45) is 5.92 Å². The van der Waals surface area contributed by atoms with Gasteiger partial charge >= 0.3 is 0 Å². The zero-order valence-corrected chi connectivity index (χ0v) is 9.89. The fraction of sp³-hybridized carbons (Fsp3) is 0.417. The van der Waals surface area contributed by atoms with E-state index in [4.69, 9.17) is 5.73 Å². The number of amides is 1. The lowest BCUT2D eigenvalue weighted by molar-refractivity contribution is 0.0948. The molecule has 17 heavy (non-hydrogen) atoms. The molecule has 5 heteroatoms. The molecule has 0 radical (unpaired) electrons. The van der Waals surface area contributed by atoms with Crippen LogP contribution < -0.4 is 11.1 Å². The molecular weight excluding hydrogens is 226 g/mol. The van der Waals surface area contributed by atoms with E-state index in [-0.39, 0.29) is 11.3 Å². The molecule has 1 aromatic carbocycles. The first-order chi connectivity index (χ1) is 7.95. The summed E-state index contributed by atoms with van der Waals surface area (Å²) in [7, 11) is 0. The normalized spacial score (nSPS) is 12.2. The Kier molecular flexibility index (Phi) is 4.43. The number of halogens is 2. The average molecular weight is 242 g/mol. The van der Waals surface area contributed by atoms with Crippen LogP contribution in [0.25, 0.3) is 0 Å². The molecule has 3 N–H and O–H groups in total. The maximum absolute atomic E-state index is 13.0. The third-order valence-electron chi connectivity index (χ3n) is 2.65. The monoisotopic (exact) mass is 242 g/mol. The van der Waals surface area contributed by atoms with Gasteiger partial charge < -0.3 is 11.1 Å². The van der Waals surface area contributed by atoms with Gasteiger partial charge in [0.05, 0.1) is 5.56 Å². The molecule has 0 aliphatic carbocycles. The second kappa shape index (κ2) is 5.61. The van der Waals surface area contributed by atoms with E-state index in [1.165, 1.54) is 0 Å². The van der Waals surface area contributed by atoms with Gasteiger partial charge in [-0.25, -0.2) is 8.78 Å². The van der Waals surface area contributed by atoms with Crippen LogP contribution in [0.4, 0.5) is 14.5 Å². The molecule has 1 amide bonds. The van der Waals surface area contributed by atoms with Gasteiger partial charge in [0.2, 0.25) is 0 Å². The van der Waals surface area contributed by atoms with Gasteiger partial charge in [0, 0.05) is 18.3 Å². The van der Waals surface area contributed by atoms with Crippen LogP contribution in [0.1, 0.15) is 30.6 Å². The van der Waals surface area contributed by atoms with Crippen molar-refractivity contribution < 1.29 is 13.6 Å². The fourth-order valence-electron chi connectivity index (χ4n) is 1.27. The number of nitrogens with one attached hydrogen (secondary N) is 1. The molecule has 0 aliphatic heterocycles. The summed E-state index contributed by atoms with van der Waals surface area (Å²) in [5.74, 6) is -2.29. The Morgan fingerprint density at radius 2 is 2.00 bits per heavy atom. The lowest BCUT2D eigenvalue weighted by Crippen LogP contribution is -2.28. The number of carbonyl (C=O) groups excluding carboxylic acids is 1. The molecule has 0 aliphatic rings. The number of anilines is 1. The van der Waals surface area contributed by atoms with Crippen molar-refractivity contribution in [3.8, 4) is 0 Å². The SMILES string of the molecule is CCC(C)CNC(=O)c1cc(F)c(F)cc1N. The van der Waals surface area contributed by atoms with E-state index in [0.717, 1.165) is 18.6 Å². The number of nitrogens with two attached hydrogens (primary N) is 1. The first kappa shape index (κ1) is 13.4. The van der Waals surface area contributed by atoms with Gasteiger partial charge in [-0.05, 0) is 12.0 Å². The molecule has 1 aromatic rings. The number of hydrogen-bond acceptors (Lipinski definition) is 2. The maximum atomic E-state index is 13.0. The second-order valence-corrected chi connectivity index (χ2v) is 4.08. The van der Waals surface area contributed by atoms with Crippen LogP contribution in [0.15, 0.2) is 12.1 Å². The van der Waals surface area contributed by atoms with E-state index in [1.54, 1.807) is 0 Å². The molecule has 0 spiro atoms. The minimum absolute atomic E-state index is 0.0350. The van der Waals surface area contributed by atoms with Crippen molar-refractivity contribution >= 4 is 11.6 Å². The van der Waals surface area contributed by atoms with Crippen LogP contribution in [-0.4, -0.2) is 12.5 Å². The third kappa shape index (κ3) is 3.41. The largest absolute Gasteiger partial charge is 0.398 e.